The molecule has 0 aromatic heterocycles. The molecule has 1 atom stereocenters. The van der Waals surface area contributed by atoms with Gasteiger partial charge in [0.25, 0.3) is 5.91 Å². The molecular weight excluding hydrogens is 404 g/mol. The maximum absolute atomic E-state index is 13.5. The molecule has 0 aliphatic carbocycles. The average Bonchev–Trinajstić information content (AvgIpc) is 3.51. The number of carbonyl (C=O) groups excluding carboxylic acids is 1. The van der Waals surface area contributed by atoms with Crippen LogP contribution in [-0.2, 0) is 9.53 Å². The first-order valence-corrected chi connectivity index (χ1v) is 11.3. The lowest BCUT2D eigenvalue weighted by molar-refractivity contribution is -0.136. The third-order valence-electron chi connectivity index (χ3n) is 5.79. The summed E-state index contributed by atoms with van der Waals surface area (Å²) in [6.45, 7) is 2.38. The van der Waals surface area contributed by atoms with Crippen LogP contribution in [0.3, 0.4) is 0 Å². The standard InChI is InChI=1S/C26H30N2O4/c29-18-7-19-31-23-13-11-22(12-14-23)24-27-26(20-32-24,25(30)28-16-4-5-17-28)15-6-10-21-8-2-1-3-9-21/h1-3,6,8-14,29H,4-5,7,15-20H2/b10-6+/t26-/m1/s1. The summed E-state index contributed by atoms with van der Waals surface area (Å²) in [6.07, 6.45) is 7.22. The molecule has 2 heterocycles. The summed E-state index contributed by atoms with van der Waals surface area (Å²) in [7, 11) is 0. The first-order chi connectivity index (χ1) is 15.7. The lowest BCUT2D eigenvalue weighted by Crippen LogP contribution is -2.47. The largest absolute Gasteiger partial charge is 0.494 e. The molecule has 6 nitrogen and oxygen atoms in total. The maximum Gasteiger partial charge on any atom is 0.254 e. The molecule has 168 valence electrons. The van der Waals surface area contributed by atoms with E-state index in [0.29, 0.717) is 25.3 Å². The van der Waals surface area contributed by atoms with Gasteiger partial charge in [-0.05, 0) is 42.7 Å². The van der Waals surface area contributed by atoms with Crippen molar-refractivity contribution < 1.29 is 19.4 Å². The van der Waals surface area contributed by atoms with Crippen molar-refractivity contribution in [2.24, 2.45) is 4.99 Å². The minimum Gasteiger partial charge on any atom is -0.494 e. The summed E-state index contributed by atoms with van der Waals surface area (Å²) in [6, 6.07) is 17.6. The van der Waals surface area contributed by atoms with Crippen LogP contribution in [0.5, 0.6) is 5.75 Å². The van der Waals surface area contributed by atoms with E-state index in [1.54, 1.807) is 0 Å². The van der Waals surface area contributed by atoms with Crippen molar-refractivity contribution >= 4 is 17.9 Å². The molecule has 1 fully saturated rings. The molecule has 1 saturated heterocycles. The quantitative estimate of drug-likeness (QED) is 0.611. The van der Waals surface area contributed by atoms with E-state index in [0.717, 1.165) is 42.8 Å². The highest BCUT2D eigenvalue weighted by molar-refractivity contribution is 6.00. The van der Waals surface area contributed by atoms with Gasteiger partial charge in [-0.1, -0.05) is 42.5 Å². The van der Waals surface area contributed by atoms with E-state index in [-0.39, 0.29) is 19.1 Å². The highest BCUT2D eigenvalue weighted by Crippen LogP contribution is 2.30. The minimum atomic E-state index is -0.929. The molecule has 2 aliphatic heterocycles. The zero-order chi connectivity index (χ0) is 22.2. The summed E-state index contributed by atoms with van der Waals surface area (Å²) in [5.74, 6) is 1.27. The van der Waals surface area contributed by atoms with Crippen LogP contribution in [0.25, 0.3) is 6.08 Å². The van der Waals surface area contributed by atoms with Gasteiger partial charge in [-0.15, -0.1) is 0 Å². The van der Waals surface area contributed by atoms with Crippen LogP contribution >= 0.6 is 0 Å². The number of benzene rings is 2. The van der Waals surface area contributed by atoms with Gasteiger partial charge in [0.1, 0.15) is 12.4 Å². The molecule has 0 spiro atoms. The number of aliphatic hydroxyl groups excluding tert-OH is 1. The number of nitrogens with zero attached hydrogens (tertiary/aromatic N) is 2. The van der Waals surface area contributed by atoms with Gasteiger partial charge in [-0.3, -0.25) is 4.79 Å². The number of rotatable bonds is 9. The van der Waals surface area contributed by atoms with Crippen molar-refractivity contribution in [2.45, 2.75) is 31.2 Å². The number of aliphatic hydroxyl groups is 1. The Kier molecular flexibility index (Phi) is 7.22. The fourth-order valence-electron chi connectivity index (χ4n) is 4.01. The van der Waals surface area contributed by atoms with E-state index < -0.39 is 5.54 Å². The lowest BCUT2D eigenvalue weighted by Gasteiger charge is -2.27. The molecule has 0 radical (unpaired) electrons. The van der Waals surface area contributed by atoms with Crippen LogP contribution in [0.15, 0.2) is 65.7 Å². The molecular formula is C26H30N2O4. The first kappa shape index (κ1) is 22.1. The summed E-state index contributed by atoms with van der Waals surface area (Å²) >= 11 is 0. The number of likely N-dealkylation sites (tertiary alicyclic amines) is 1. The molecule has 32 heavy (non-hydrogen) atoms. The Balaban J connectivity index is 1.53. The Morgan fingerprint density at radius 3 is 2.59 bits per heavy atom. The van der Waals surface area contributed by atoms with Gasteiger partial charge in [0.05, 0.1) is 6.61 Å². The van der Waals surface area contributed by atoms with Gasteiger partial charge in [0.15, 0.2) is 5.54 Å². The second-order valence-corrected chi connectivity index (χ2v) is 8.20. The molecule has 2 aromatic rings. The van der Waals surface area contributed by atoms with E-state index in [2.05, 4.69) is 0 Å². The molecule has 1 amide bonds. The van der Waals surface area contributed by atoms with Gasteiger partial charge in [0.2, 0.25) is 5.90 Å². The van der Waals surface area contributed by atoms with Crippen molar-refractivity contribution in [3.63, 3.8) is 0 Å². The Morgan fingerprint density at radius 2 is 1.88 bits per heavy atom. The van der Waals surface area contributed by atoms with E-state index in [9.17, 15) is 4.79 Å². The van der Waals surface area contributed by atoms with Crippen LogP contribution < -0.4 is 4.74 Å². The first-order valence-electron chi connectivity index (χ1n) is 11.3. The van der Waals surface area contributed by atoms with Crippen LogP contribution in [0.4, 0.5) is 0 Å². The third kappa shape index (κ3) is 5.19. The molecule has 0 bridgehead atoms. The topological polar surface area (TPSA) is 71.4 Å². The molecule has 0 saturated carbocycles. The molecule has 2 aliphatic rings. The van der Waals surface area contributed by atoms with E-state index in [1.807, 2.05) is 71.6 Å². The number of amides is 1. The molecule has 0 unspecified atom stereocenters. The summed E-state index contributed by atoms with van der Waals surface area (Å²) in [5, 5.41) is 8.88. The highest BCUT2D eigenvalue weighted by atomic mass is 16.5. The molecule has 4 rings (SSSR count). The second kappa shape index (κ2) is 10.5. The lowest BCUT2D eigenvalue weighted by atomic mass is 9.94. The highest BCUT2D eigenvalue weighted by Gasteiger charge is 2.46. The number of aliphatic imine (C=N–C) groups is 1. The Morgan fingerprint density at radius 1 is 1.12 bits per heavy atom. The number of hydrogen-bond acceptors (Lipinski definition) is 5. The number of carbonyl (C=O) groups is 1. The van der Waals surface area contributed by atoms with Gasteiger partial charge < -0.3 is 19.5 Å². The van der Waals surface area contributed by atoms with Gasteiger partial charge in [-0.2, -0.15) is 0 Å². The SMILES string of the molecule is O=C(N1CCCC1)[C@@]1(C/C=C/c2ccccc2)COC(c2ccc(OCCCO)cc2)=N1. The van der Waals surface area contributed by atoms with Crippen LogP contribution in [-0.4, -0.2) is 60.3 Å². The monoisotopic (exact) mass is 434 g/mol. The molecule has 6 heteroatoms. The predicted octanol–water partition coefficient (Wildman–Crippen LogP) is 3.69. The van der Waals surface area contributed by atoms with Crippen molar-refractivity contribution in [1.82, 2.24) is 4.90 Å². The minimum absolute atomic E-state index is 0.0478. The van der Waals surface area contributed by atoms with Gasteiger partial charge in [0, 0.05) is 38.1 Å². The fraction of sp³-hybridized carbons (Fsp3) is 0.385. The normalized spacial score (nSPS) is 20.4. The third-order valence-corrected chi connectivity index (χ3v) is 5.79. The smallest absolute Gasteiger partial charge is 0.254 e. The van der Waals surface area contributed by atoms with Crippen LogP contribution in [0.1, 0.15) is 36.8 Å². The Labute approximate surface area is 189 Å². The van der Waals surface area contributed by atoms with E-state index in [1.165, 1.54) is 0 Å². The Bertz CT molecular complexity index is 950. The summed E-state index contributed by atoms with van der Waals surface area (Å²) in [4.78, 5) is 20.2. The van der Waals surface area contributed by atoms with E-state index in [4.69, 9.17) is 19.6 Å². The van der Waals surface area contributed by atoms with Crippen molar-refractivity contribution in [3.05, 3.63) is 71.8 Å². The molecule has 2 aromatic carbocycles. The zero-order valence-corrected chi connectivity index (χ0v) is 18.3. The van der Waals surface area contributed by atoms with Crippen LogP contribution in [0, 0.1) is 0 Å². The predicted molar refractivity (Wildman–Crippen MR) is 125 cm³/mol. The van der Waals surface area contributed by atoms with Gasteiger partial charge >= 0.3 is 0 Å². The van der Waals surface area contributed by atoms with E-state index >= 15 is 0 Å². The van der Waals surface area contributed by atoms with Crippen molar-refractivity contribution in [1.29, 1.82) is 0 Å². The number of hydrogen-bond donors (Lipinski definition) is 1. The van der Waals surface area contributed by atoms with Crippen LogP contribution in [0.2, 0.25) is 0 Å². The summed E-state index contributed by atoms with van der Waals surface area (Å²) in [5.41, 5.74) is 0.986. The second-order valence-electron chi connectivity index (χ2n) is 8.20. The van der Waals surface area contributed by atoms with Crippen molar-refractivity contribution in [2.75, 3.05) is 32.9 Å². The Hall–Kier alpha value is -3.12. The van der Waals surface area contributed by atoms with Gasteiger partial charge in [-0.25, -0.2) is 4.99 Å². The number of ether oxygens (including phenoxy) is 2. The maximum atomic E-state index is 13.5. The fourth-order valence-corrected chi connectivity index (χ4v) is 4.01. The molecule has 1 N–H and O–H groups in total. The van der Waals surface area contributed by atoms with Crippen molar-refractivity contribution in [3.8, 4) is 5.75 Å². The summed E-state index contributed by atoms with van der Waals surface area (Å²) < 4.78 is 11.6. The average molecular weight is 435 g/mol. The zero-order valence-electron chi connectivity index (χ0n) is 18.3.